The molecule has 0 unspecified atom stereocenters. The average molecular weight is 285 g/mol. The monoisotopic (exact) mass is 285 g/mol. The largest absolute Gasteiger partial charge is 0.480 e. The summed E-state index contributed by atoms with van der Waals surface area (Å²) in [6.45, 7) is 1.64. The molecule has 1 heterocycles. The number of carboxylic acid groups (broad SMARTS) is 1. The van der Waals surface area contributed by atoms with Crippen molar-refractivity contribution in [3.05, 3.63) is 29.8 Å². The summed E-state index contributed by atoms with van der Waals surface area (Å²) in [7, 11) is -3.89. The average Bonchev–Trinajstić information content (AvgIpc) is 2.73. The van der Waals surface area contributed by atoms with Gasteiger partial charge in [-0.05, 0) is 19.1 Å². The van der Waals surface area contributed by atoms with E-state index >= 15 is 0 Å². The Bertz CT molecular complexity index is 581. The summed E-state index contributed by atoms with van der Waals surface area (Å²) >= 11 is 0. The van der Waals surface area contributed by atoms with Crippen LogP contribution in [0.15, 0.2) is 29.2 Å². The number of β-amino-alcohol motifs (C(OH)–C–C–N with tert-alkyl or cyclic N) is 1. The van der Waals surface area contributed by atoms with Crippen molar-refractivity contribution in [1.82, 2.24) is 4.31 Å². The third kappa shape index (κ3) is 2.63. The van der Waals surface area contributed by atoms with Gasteiger partial charge in [-0.25, -0.2) is 8.42 Å². The van der Waals surface area contributed by atoms with Crippen molar-refractivity contribution in [3.63, 3.8) is 0 Å². The van der Waals surface area contributed by atoms with Crippen LogP contribution in [0.5, 0.6) is 0 Å². The molecule has 19 heavy (non-hydrogen) atoms. The molecule has 1 aliphatic rings. The number of hydrogen-bond acceptors (Lipinski definition) is 4. The second kappa shape index (κ2) is 4.92. The molecule has 0 amide bonds. The van der Waals surface area contributed by atoms with Crippen LogP contribution < -0.4 is 0 Å². The third-order valence-corrected chi connectivity index (χ3v) is 5.04. The van der Waals surface area contributed by atoms with Crippen LogP contribution >= 0.6 is 0 Å². The molecule has 0 saturated carbocycles. The standard InChI is InChI=1S/C12H15NO5S/c1-8-2-4-10(5-3-8)19(17,18)13-7-9(14)6-11(13)12(15)16/h2-5,9,11,14H,6-7H2,1H3,(H,15,16)/t9-,11+/m0/s1. The third-order valence-electron chi connectivity index (χ3n) is 3.15. The molecular formula is C12H15NO5S. The van der Waals surface area contributed by atoms with Crippen LogP contribution in [-0.2, 0) is 14.8 Å². The maximum atomic E-state index is 12.4. The fourth-order valence-electron chi connectivity index (χ4n) is 2.12. The number of aliphatic hydroxyl groups excluding tert-OH is 1. The van der Waals surface area contributed by atoms with Crippen molar-refractivity contribution >= 4 is 16.0 Å². The summed E-state index contributed by atoms with van der Waals surface area (Å²) < 4.78 is 25.6. The number of aliphatic hydroxyl groups is 1. The molecule has 0 aliphatic carbocycles. The summed E-state index contributed by atoms with van der Waals surface area (Å²) in [5, 5.41) is 18.5. The minimum Gasteiger partial charge on any atom is -0.480 e. The molecule has 2 N–H and O–H groups in total. The van der Waals surface area contributed by atoms with E-state index in [-0.39, 0.29) is 17.9 Å². The van der Waals surface area contributed by atoms with Gasteiger partial charge in [0, 0.05) is 13.0 Å². The summed E-state index contributed by atoms with van der Waals surface area (Å²) in [4.78, 5) is 11.1. The molecule has 1 aliphatic heterocycles. The molecule has 0 spiro atoms. The molecule has 2 atom stereocenters. The lowest BCUT2D eigenvalue weighted by atomic mass is 10.2. The zero-order valence-electron chi connectivity index (χ0n) is 10.4. The van der Waals surface area contributed by atoms with Crippen LogP contribution in [0, 0.1) is 6.92 Å². The summed E-state index contributed by atoms with van der Waals surface area (Å²) in [5.41, 5.74) is 0.912. The van der Waals surface area contributed by atoms with E-state index in [4.69, 9.17) is 5.11 Å². The van der Waals surface area contributed by atoms with Gasteiger partial charge in [-0.1, -0.05) is 17.7 Å². The minimum absolute atomic E-state index is 0.0402. The molecule has 2 rings (SSSR count). The van der Waals surface area contributed by atoms with Gasteiger partial charge in [0.05, 0.1) is 11.0 Å². The van der Waals surface area contributed by atoms with Crippen molar-refractivity contribution in [3.8, 4) is 0 Å². The van der Waals surface area contributed by atoms with Gasteiger partial charge in [0.2, 0.25) is 10.0 Å². The Balaban J connectivity index is 2.38. The lowest BCUT2D eigenvalue weighted by Gasteiger charge is -2.20. The zero-order valence-corrected chi connectivity index (χ0v) is 11.2. The Labute approximate surface area is 111 Å². The minimum atomic E-state index is -3.89. The molecule has 1 aromatic rings. The number of carbonyl (C=O) groups is 1. The van der Waals surface area contributed by atoms with Gasteiger partial charge in [-0.3, -0.25) is 4.79 Å². The molecule has 7 heteroatoms. The first-order valence-electron chi connectivity index (χ1n) is 5.82. The Hall–Kier alpha value is -1.44. The van der Waals surface area contributed by atoms with Crippen LogP contribution in [-0.4, -0.2) is 47.6 Å². The van der Waals surface area contributed by atoms with Gasteiger partial charge in [0.15, 0.2) is 0 Å². The lowest BCUT2D eigenvalue weighted by molar-refractivity contribution is -0.140. The summed E-state index contributed by atoms with van der Waals surface area (Å²) in [5.74, 6) is -1.24. The topological polar surface area (TPSA) is 94.9 Å². The van der Waals surface area contributed by atoms with Gasteiger partial charge in [0.25, 0.3) is 0 Å². The second-order valence-corrected chi connectivity index (χ2v) is 6.52. The van der Waals surface area contributed by atoms with Crippen LogP contribution in [0.25, 0.3) is 0 Å². The van der Waals surface area contributed by atoms with E-state index in [2.05, 4.69) is 0 Å². The molecular weight excluding hydrogens is 270 g/mol. The zero-order chi connectivity index (χ0) is 14.2. The molecule has 0 bridgehead atoms. The highest BCUT2D eigenvalue weighted by atomic mass is 32.2. The van der Waals surface area contributed by atoms with E-state index in [9.17, 15) is 18.3 Å². The van der Waals surface area contributed by atoms with Crippen LogP contribution in [0.3, 0.4) is 0 Å². The smallest absolute Gasteiger partial charge is 0.322 e. The van der Waals surface area contributed by atoms with Crippen molar-refractivity contribution in [2.24, 2.45) is 0 Å². The number of carboxylic acids is 1. The first-order valence-corrected chi connectivity index (χ1v) is 7.26. The SMILES string of the molecule is Cc1ccc(S(=O)(=O)N2C[C@@H](O)C[C@@H]2C(=O)O)cc1. The van der Waals surface area contributed by atoms with Gasteiger partial charge >= 0.3 is 5.97 Å². The predicted molar refractivity (Wildman–Crippen MR) is 67.1 cm³/mol. The second-order valence-electron chi connectivity index (χ2n) is 4.63. The molecule has 1 fully saturated rings. The number of nitrogens with zero attached hydrogens (tertiary/aromatic N) is 1. The molecule has 1 aromatic carbocycles. The van der Waals surface area contributed by atoms with Crippen molar-refractivity contribution in [2.45, 2.75) is 30.4 Å². The van der Waals surface area contributed by atoms with E-state index < -0.39 is 28.1 Å². The molecule has 0 aromatic heterocycles. The maximum Gasteiger partial charge on any atom is 0.322 e. The van der Waals surface area contributed by atoms with Crippen molar-refractivity contribution in [2.75, 3.05) is 6.54 Å². The highest BCUT2D eigenvalue weighted by Crippen LogP contribution is 2.26. The van der Waals surface area contributed by atoms with E-state index in [1.807, 2.05) is 6.92 Å². The lowest BCUT2D eigenvalue weighted by Crippen LogP contribution is -2.40. The Morgan fingerprint density at radius 3 is 2.42 bits per heavy atom. The molecule has 1 saturated heterocycles. The van der Waals surface area contributed by atoms with E-state index in [1.165, 1.54) is 12.1 Å². The Kier molecular flexibility index (Phi) is 3.62. The maximum absolute atomic E-state index is 12.4. The number of aliphatic carboxylic acids is 1. The predicted octanol–water partition coefficient (Wildman–Crippen LogP) is 0.204. The van der Waals surface area contributed by atoms with Gasteiger partial charge in [0.1, 0.15) is 6.04 Å². The fourth-order valence-corrected chi connectivity index (χ4v) is 3.75. The quantitative estimate of drug-likeness (QED) is 0.827. The number of hydrogen-bond donors (Lipinski definition) is 2. The normalized spacial score (nSPS) is 24.5. The number of sulfonamides is 1. The van der Waals surface area contributed by atoms with Crippen LogP contribution in [0.2, 0.25) is 0 Å². The number of rotatable bonds is 3. The van der Waals surface area contributed by atoms with Gasteiger partial charge < -0.3 is 10.2 Å². The highest BCUT2D eigenvalue weighted by Gasteiger charge is 2.43. The van der Waals surface area contributed by atoms with Crippen molar-refractivity contribution < 1.29 is 23.4 Å². The van der Waals surface area contributed by atoms with Crippen LogP contribution in [0.4, 0.5) is 0 Å². The fraction of sp³-hybridized carbons (Fsp3) is 0.417. The van der Waals surface area contributed by atoms with Crippen LogP contribution in [0.1, 0.15) is 12.0 Å². The van der Waals surface area contributed by atoms with Gasteiger partial charge in [-0.2, -0.15) is 4.31 Å². The first-order chi connectivity index (χ1) is 8.82. The van der Waals surface area contributed by atoms with Gasteiger partial charge in [-0.15, -0.1) is 0 Å². The van der Waals surface area contributed by atoms with E-state index in [0.717, 1.165) is 9.87 Å². The van der Waals surface area contributed by atoms with E-state index in [0.29, 0.717) is 0 Å². The Morgan fingerprint density at radius 1 is 1.32 bits per heavy atom. The van der Waals surface area contributed by atoms with Crippen molar-refractivity contribution in [1.29, 1.82) is 0 Å². The summed E-state index contributed by atoms with van der Waals surface area (Å²) in [6, 6.07) is 4.97. The number of benzene rings is 1. The summed E-state index contributed by atoms with van der Waals surface area (Å²) in [6.07, 6.45) is -1.03. The Morgan fingerprint density at radius 2 is 1.89 bits per heavy atom. The first kappa shape index (κ1) is 14.0. The number of aryl methyl sites for hydroxylation is 1. The molecule has 104 valence electrons. The molecule has 0 radical (unpaired) electrons. The molecule has 6 nitrogen and oxygen atoms in total. The highest BCUT2D eigenvalue weighted by molar-refractivity contribution is 7.89. The van der Waals surface area contributed by atoms with E-state index in [1.54, 1.807) is 12.1 Å².